The van der Waals surface area contributed by atoms with Gasteiger partial charge in [-0.05, 0) is 44.4 Å². The largest absolute Gasteiger partial charge is 0.342 e. The first-order valence-electron chi connectivity index (χ1n) is 6.94. The fraction of sp³-hybridized carbons (Fsp3) is 0.714. The van der Waals surface area contributed by atoms with E-state index in [0.717, 1.165) is 25.7 Å². The predicted octanol–water partition coefficient (Wildman–Crippen LogP) is 1.08. The van der Waals surface area contributed by atoms with Gasteiger partial charge in [0.15, 0.2) is 0 Å². The van der Waals surface area contributed by atoms with Gasteiger partial charge in [-0.25, -0.2) is 0 Å². The fourth-order valence-corrected chi connectivity index (χ4v) is 2.81. The van der Waals surface area contributed by atoms with Gasteiger partial charge in [0.05, 0.1) is 0 Å². The van der Waals surface area contributed by atoms with Crippen LogP contribution >= 0.6 is 0 Å². The van der Waals surface area contributed by atoms with Crippen LogP contribution in [0, 0.1) is 11.8 Å². The summed E-state index contributed by atoms with van der Waals surface area (Å²) in [6.45, 7) is 2.52. The molecule has 0 bridgehead atoms. The summed E-state index contributed by atoms with van der Waals surface area (Å²) in [5.41, 5.74) is 0. The number of carbonyl (C=O) groups is 2. The Balaban J connectivity index is 1.80. The van der Waals surface area contributed by atoms with Crippen molar-refractivity contribution < 1.29 is 9.59 Å². The van der Waals surface area contributed by atoms with Crippen molar-refractivity contribution in [2.45, 2.75) is 44.7 Å². The molecule has 4 nitrogen and oxygen atoms in total. The van der Waals surface area contributed by atoms with E-state index in [4.69, 9.17) is 0 Å². The van der Waals surface area contributed by atoms with Gasteiger partial charge in [-0.3, -0.25) is 9.59 Å². The molecule has 0 spiro atoms. The number of nitrogens with zero attached hydrogens (tertiary/aromatic N) is 1. The summed E-state index contributed by atoms with van der Waals surface area (Å²) in [5, 5.41) is 2.95. The van der Waals surface area contributed by atoms with Crippen LogP contribution in [-0.2, 0) is 9.59 Å². The molecule has 2 saturated carbocycles. The molecule has 0 radical (unpaired) electrons. The monoisotopic (exact) mass is 248 g/mol. The Morgan fingerprint density at radius 3 is 2.44 bits per heavy atom. The van der Waals surface area contributed by atoms with Gasteiger partial charge in [-0.15, -0.1) is 0 Å². The van der Waals surface area contributed by atoms with Crippen molar-refractivity contribution in [1.82, 2.24) is 10.2 Å². The third kappa shape index (κ3) is 2.04. The lowest BCUT2D eigenvalue weighted by atomic mass is 10.0. The van der Waals surface area contributed by atoms with Crippen molar-refractivity contribution in [1.29, 1.82) is 0 Å². The second-order valence-electron chi connectivity index (χ2n) is 5.67. The third-order valence-electron chi connectivity index (χ3n) is 4.15. The number of carbonyl (C=O) groups excluding carboxylic acids is 2. The lowest BCUT2D eigenvalue weighted by molar-refractivity contribution is -0.150. The highest BCUT2D eigenvalue weighted by Gasteiger charge is 2.50. The van der Waals surface area contributed by atoms with Crippen LogP contribution in [0.15, 0.2) is 12.2 Å². The second kappa shape index (κ2) is 4.41. The summed E-state index contributed by atoms with van der Waals surface area (Å²) in [7, 11) is 0. The first-order valence-corrected chi connectivity index (χ1v) is 6.94. The van der Waals surface area contributed by atoms with Crippen molar-refractivity contribution in [2.75, 3.05) is 6.54 Å². The summed E-state index contributed by atoms with van der Waals surface area (Å²) in [6.07, 6.45) is 8.20. The number of rotatable bonds is 4. The van der Waals surface area contributed by atoms with Gasteiger partial charge in [-0.2, -0.15) is 0 Å². The highest BCUT2D eigenvalue weighted by molar-refractivity contribution is 5.97. The quantitative estimate of drug-likeness (QED) is 0.757. The van der Waals surface area contributed by atoms with Crippen LogP contribution in [0.2, 0.25) is 0 Å². The normalized spacial score (nSPS) is 33.1. The van der Waals surface area contributed by atoms with Crippen LogP contribution in [0.5, 0.6) is 0 Å². The van der Waals surface area contributed by atoms with Crippen molar-refractivity contribution in [3.63, 3.8) is 0 Å². The van der Waals surface area contributed by atoms with Crippen LogP contribution in [0.1, 0.15) is 32.6 Å². The average molecular weight is 248 g/mol. The van der Waals surface area contributed by atoms with E-state index < -0.39 is 0 Å². The van der Waals surface area contributed by atoms with Crippen LogP contribution in [-0.4, -0.2) is 35.3 Å². The summed E-state index contributed by atoms with van der Waals surface area (Å²) in [4.78, 5) is 26.5. The van der Waals surface area contributed by atoms with Gasteiger partial charge in [0.2, 0.25) is 11.8 Å². The number of piperazine rings is 1. The van der Waals surface area contributed by atoms with Gasteiger partial charge in [0, 0.05) is 6.54 Å². The van der Waals surface area contributed by atoms with Crippen LogP contribution < -0.4 is 5.32 Å². The third-order valence-corrected chi connectivity index (χ3v) is 4.15. The van der Waals surface area contributed by atoms with Crippen molar-refractivity contribution in [3.05, 3.63) is 12.2 Å². The summed E-state index contributed by atoms with van der Waals surface area (Å²) >= 11 is 0. The molecular formula is C14H20N2O2. The van der Waals surface area contributed by atoms with Gasteiger partial charge >= 0.3 is 0 Å². The van der Waals surface area contributed by atoms with Crippen LogP contribution in [0.3, 0.4) is 0 Å². The van der Waals surface area contributed by atoms with Crippen LogP contribution in [0.4, 0.5) is 0 Å². The fourth-order valence-electron chi connectivity index (χ4n) is 2.81. The van der Waals surface area contributed by atoms with E-state index in [9.17, 15) is 9.59 Å². The van der Waals surface area contributed by atoms with Gasteiger partial charge in [0.1, 0.15) is 12.1 Å². The Bertz CT molecular complexity index is 397. The Hall–Kier alpha value is -1.32. The molecule has 1 aliphatic heterocycles. The molecule has 1 saturated heterocycles. The number of amides is 2. The summed E-state index contributed by atoms with van der Waals surface area (Å²) in [6, 6.07) is -0.471. The van der Waals surface area contributed by atoms with Gasteiger partial charge < -0.3 is 10.2 Å². The Kier molecular flexibility index (Phi) is 2.88. The maximum Gasteiger partial charge on any atom is 0.246 e. The Morgan fingerprint density at radius 1 is 1.22 bits per heavy atom. The predicted molar refractivity (Wildman–Crippen MR) is 67.7 cm³/mol. The Labute approximate surface area is 107 Å². The van der Waals surface area contributed by atoms with E-state index in [-0.39, 0.29) is 23.9 Å². The minimum Gasteiger partial charge on any atom is -0.342 e. The van der Waals surface area contributed by atoms with Gasteiger partial charge in [-0.1, -0.05) is 12.2 Å². The van der Waals surface area contributed by atoms with Gasteiger partial charge in [0.25, 0.3) is 0 Å². The highest BCUT2D eigenvalue weighted by atomic mass is 16.2. The van der Waals surface area contributed by atoms with E-state index in [1.807, 2.05) is 19.1 Å². The topological polar surface area (TPSA) is 49.4 Å². The molecule has 3 rings (SSSR count). The molecule has 98 valence electrons. The zero-order chi connectivity index (χ0) is 12.7. The standard InChI is InChI=1S/C14H20N2O2/c1-2-3-8-16-12(10-6-7-10)13(17)15-11(14(16)18)9-4-5-9/h2-3,9-12H,4-8H2,1H3,(H,15,17)/b3-2+. The second-order valence-corrected chi connectivity index (χ2v) is 5.67. The van der Waals surface area contributed by atoms with E-state index in [2.05, 4.69) is 5.32 Å². The zero-order valence-electron chi connectivity index (χ0n) is 10.8. The number of hydrogen-bond acceptors (Lipinski definition) is 2. The molecule has 0 aromatic heterocycles. The first-order chi connectivity index (χ1) is 8.72. The summed E-state index contributed by atoms with van der Waals surface area (Å²) < 4.78 is 0. The minimum absolute atomic E-state index is 0.0681. The van der Waals surface area contributed by atoms with E-state index in [1.54, 1.807) is 4.90 Å². The van der Waals surface area contributed by atoms with E-state index >= 15 is 0 Å². The van der Waals surface area contributed by atoms with Crippen molar-refractivity contribution in [3.8, 4) is 0 Å². The lowest BCUT2D eigenvalue weighted by Crippen LogP contribution is -2.64. The smallest absolute Gasteiger partial charge is 0.246 e. The molecule has 3 aliphatic rings. The molecule has 0 aromatic rings. The molecule has 2 atom stereocenters. The van der Waals surface area contributed by atoms with Crippen molar-refractivity contribution >= 4 is 11.8 Å². The summed E-state index contributed by atoms with van der Waals surface area (Å²) in [5.74, 6) is 0.972. The Morgan fingerprint density at radius 2 is 1.89 bits per heavy atom. The molecule has 2 aliphatic carbocycles. The molecule has 0 aromatic carbocycles. The maximum absolute atomic E-state index is 12.5. The number of hydrogen-bond donors (Lipinski definition) is 1. The first kappa shape index (κ1) is 11.8. The maximum atomic E-state index is 12.5. The minimum atomic E-state index is -0.252. The average Bonchev–Trinajstić information content (AvgIpc) is 3.21. The van der Waals surface area contributed by atoms with Crippen molar-refractivity contribution in [2.24, 2.45) is 11.8 Å². The molecule has 1 N–H and O–H groups in total. The molecule has 3 fully saturated rings. The molecule has 2 amide bonds. The number of allylic oxidation sites excluding steroid dienone is 1. The SMILES string of the molecule is C/C=C/CN1C(=O)C(C2CC2)NC(=O)C1C1CC1. The highest BCUT2D eigenvalue weighted by Crippen LogP contribution is 2.40. The molecule has 18 heavy (non-hydrogen) atoms. The molecule has 4 heteroatoms. The lowest BCUT2D eigenvalue weighted by Gasteiger charge is -2.39. The van der Waals surface area contributed by atoms with E-state index in [1.165, 1.54) is 0 Å². The molecule has 2 unspecified atom stereocenters. The van der Waals surface area contributed by atoms with Crippen LogP contribution in [0.25, 0.3) is 0 Å². The molecule has 1 heterocycles. The number of nitrogens with one attached hydrogen (secondary N) is 1. The molecular weight excluding hydrogens is 228 g/mol. The zero-order valence-corrected chi connectivity index (χ0v) is 10.8. The van der Waals surface area contributed by atoms with E-state index in [0.29, 0.717) is 18.4 Å².